The van der Waals surface area contributed by atoms with Gasteiger partial charge in [-0.2, -0.15) is 0 Å². The Kier molecular flexibility index (Phi) is 4.47. The summed E-state index contributed by atoms with van der Waals surface area (Å²) in [7, 11) is 1.64. The Hall–Kier alpha value is -2.49. The van der Waals surface area contributed by atoms with Gasteiger partial charge >= 0.3 is 6.09 Å². The average molecular weight is 325 g/mol. The van der Waals surface area contributed by atoms with Gasteiger partial charge in [-0.1, -0.05) is 42.5 Å². The van der Waals surface area contributed by atoms with E-state index in [9.17, 15) is 4.79 Å². The number of nitrogens with zero attached hydrogens (tertiary/aromatic N) is 1. The molecule has 0 spiro atoms. The van der Waals surface area contributed by atoms with Crippen LogP contribution in [-0.4, -0.2) is 24.6 Å². The number of hydrogen-bond acceptors (Lipinski definition) is 3. The number of benzene rings is 2. The highest BCUT2D eigenvalue weighted by molar-refractivity contribution is 5.70. The van der Waals surface area contributed by atoms with E-state index in [1.807, 2.05) is 68.4 Å². The van der Waals surface area contributed by atoms with E-state index in [0.29, 0.717) is 6.54 Å². The van der Waals surface area contributed by atoms with Crippen molar-refractivity contribution in [3.8, 4) is 5.75 Å². The molecule has 0 radical (unpaired) electrons. The van der Waals surface area contributed by atoms with Gasteiger partial charge in [0.2, 0.25) is 0 Å². The number of amides is 1. The van der Waals surface area contributed by atoms with E-state index < -0.39 is 5.60 Å². The molecule has 126 valence electrons. The zero-order valence-electron chi connectivity index (χ0n) is 14.4. The van der Waals surface area contributed by atoms with Crippen molar-refractivity contribution in [1.29, 1.82) is 0 Å². The van der Waals surface area contributed by atoms with Crippen molar-refractivity contribution in [1.82, 2.24) is 4.90 Å². The minimum atomic E-state index is -0.561. The number of hydrogen-bond donors (Lipinski definition) is 0. The molecule has 1 fully saturated rings. The van der Waals surface area contributed by atoms with Crippen molar-refractivity contribution in [2.75, 3.05) is 13.7 Å². The van der Waals surface area contributed by atoms with E-state index in [1.54, 1.807) is 12.0 Å². The van der Waals surface area contributed by atoms with Gasteiger partial charge in [-0.25, -0.2) is 4.79 Å². The van der Waals surface area contributed by atoms with E-state index in [0.717, 1.165) is 23.3 Å². The highest BCUT2D eigenvalue weighted by atomic mass is 16.6. The molecule has 0 bridgehead atoms. The lowest BCUT2D eigenvalue weighted by Gasteiger charge is -2.41. The molecule has 4 nitrogen and oxygen atoms in total. The molecule has 4 heteroatoms. The first-order valence-corrected chi connectivity index (χ1v) is 8.22. The molecule has 2 aromatic carbocycles. The first-order valence-electron chi connectivity index (χ1n) is 8.22. The highest BCUT2D eigenvalue weighted by Crippen LogP contribution is 2.36. The largest absolute Gasteiger partial charge is 0.497 e. The molecule has 24 heavy (non-hydrogen) atoms. The van der Waals surface area contributed by atoms with Crippen LogP contribution in [0.15, 0.2) is 54.6 Å². The summed E-state index contributed by atoms with van der Waals surface area (Å²) in [6, 6.07) is 17.7. The second-order valence-corrected chi connectivity index (χ2v) is 6.36. The fourth-order valence-corrected chi connectivity index (χ4v) is 3.14. The minimum Gasteiger partial charge on any atom is -0.497 e. The van der Waals surface area contributed by atoms with Crippen LogP contribution in [0.3, 0.4) is 0 Å². The number of ether oxygens (including phenoxy) is 2. The van der Waals surface area contributed by atoms with Crippen LogP contribution >= 0.6 is 0 Å². The van der Waals surface area contributed by atoms with Gasteiger partial charge in [-0.15, -0.1) is 0 Å². The van der Waals surface area contributed by atoms with E-state index in [-0.39, 0.29) is 12.1 Å². The predicted octanol–water partition coefficient (Wildman–Crippen LogP) is 4.51. The normalized spacial score (nSPS) is 22.0. The summed E-state index contributed by atoms with van der Waals surface area (Å²) in [5.41, 5.74) is 1.54. The predicted molar refractivity (Wildman–Crippen MR) is 93.0 cm³/mol. The maximum Gasteiger partial charge on any atom is 0.411 e. The third-order valence-electron chi connectivity index (χ3n) is 4.83. The first-order chi connectivity index (χ1) is 11.5. The van der Waals surface area contributed by atoms with Gasteiger partial charge in [0.25, 0.3) is 0 Å². The molecule has 1 aliphatic heterocycles. The van der Waals surface area contributed by atoms with Crippen LogP contribution in [0.5, 0.6) is 5.75 Å². The minimum absolute atomic E-state index is 0.0382. The third kappa shape index (κ3) is 3.09. The maximum absolute atomic E-state index is 12.6. The smallest absolute Gasteiger partial charge is 0.411 e. The summed E-state index contributed by atoms with van der Waals surface area (Å²) in [4.78, 5) is 14.4. The Morgan fingerprint density at radius 2 is 1.79 bits per heavy atom. The Balaban J connectivity index is 1.74. The summed E-state index contributed by atoms with van der Waals surface area (Å²) >= 11 is 0. The Morgan fingerprint density at radius 1 is 1.12 bits per heavy atom. The second kappa shape index (κ2) is 6.56. The zero-order chi connectivity index (χ0) is 17.2. The molecule has 1 saturated heterocycles. The lowest BCUT2D eigenvalue weighted by atomic mass is 9.90. The van der Waals surface area contributed by atoms with Gasteiger partial charge in [0.15, 0.2) is 0 Å². The van der Waals surface area contributed by atoms with Crippen LogP contribution in [-0.2, 0) is 10.3 Å². The van der Waals surface area contributed by atoms with Gasteiger partial charge in [-0.3, -0.25) is 0 Å². The van der Waals surface area contributed by atoms with Crippen molar-refractivity contribution < 1.29 is 14.3 Å². The van der Waals surface area contributed by atoms with Crippen LogP contribution in [0.25, 0.3) is 0 Å². The molecule has 0 saturated carbocycles. The van der Waals surface area contributed by atoms with Crippen molar-refractivity contribution in [2.45, 2.75) is 31.9 Å². The fraction of sp³-hybridized carbons (Fsp3) is 0.350. The fourth-order valence-electron chi connectivity index (χ4n) is 3.14. The van der Waals surface area contributed by atoms with Crippen molar-refractivity contribution in [3.05, 3.63) is 65.7 Å². The van der Waals surface area contributed by atoms with Crippen molar-refractivity contribution >= 4 is 6.09 Å². The van der Waals surface area contributed by atoms with Gasteiger partial charge in [0.05, 0.1) is 13.2 Å². The zero-order valence-corrected chi connectivity index (χ0v) is 14.4. The van der Waals surface area contributed by atoms with E-state index >= 15 is 0 Å². The SMILES string of the molecule is COc1ccc(C(C)N2CCC(C)(c3ccccc3)OC2=O)cc1. The van der Waals surface area contributed by atoms with Crippen LogP contribution in [0.2, 0.25) is 0 Å². The molecule has 0 aromatic heterocycles. The molecule has 0 aliphatic carbocycles. The number of methoxy groups -OCH3 is 1. The third-order valence-corrected chi connectivity index (χ3v) is 4.83. The highest BCUT2D eigenvalue weighted by Gasteiger charge is 2.39. The van der Waals surface area contributed by atoms with E-state index in [1.165, 1.54) is 0 Å². The van der Waals surface area contributed by atoms with Gasteiger partial charge in [0, 0.05) is 13.0 Å². The molecule has 3 rings (SSSR count). The summed E-state index contributed by atoms with van der Waals surface area (Å²) < 4.78 is 11.0. The topological polar surface area (TPSA) is 38.8 Å². The molecule has 2 atom stereocenters. The molecule has 1 aliphatic rings. The van der Waals surface area contributed by atoms with E-state index in [4.69, 9.17) is 9.47 Å². The van der Waals surface area contributed by atoms with Crippen LogP contribution < -0.4 is 4.74 Å². The summed E-state index contributed by atoms with van der Waals surface area (Å²) in [5, 5.41) is 0. The Morgan fingerprint density at radius 3 is 2.38 bits per heavy atom. The van der Waals surface area contributed by atoms with Crippen LogP contribution in [0.4, 0.5) is 4.79 Å². The molecule has 2 aromatic rings. The maximum atomic E-state index is 12.6. The second-order valence-electron chi connectivity index (χ2n) is 6.36. The summed E-state index contributed by atoms with van der Waals surface area (Å²) in [5.74, 6) is 0.809. The van der Waals surface area contributed by atoms with Crippen LogP contribution in [0, 0.1) is 0 Å². The first kappa shape index (κ1) is 16.4. The lowest BCUT2D eigenvalue weighted by Crippen LogP contribution is -2.47. The number of carbonyl (C=O) groups is 1. The molecular formula is C20H23NO3. The standard InChI is InChI=1S/C20H23NO3/c1-15(16-9-11-18(23-3)12-10-16)21-14-13-20(2,24-19(21)22)17-7-5-4-6-8-17/h4-12,15H,13-14H2,1-3H3. The van der Waals surface area contributed by atoms with Crippen molar-refractivity contribution in [3.63, 3.8) is 0 Å². The lowest BCUT2D eigenvalue weighted by molar-refractivity contribution is -0.0491. The monoisotopic (exact) mass is 325 g/mol. The quantitative estimate of drug-likeness (QED) is 0.830. The molecule has 0 N–H and O–H groups in total. The number of rotatable bonds is 4. The van der Waals surface area contributed by atoms with Crippen LogP contribution in [0.1, 0.15) is 37.4 Å². The van der Waals surface area contributed by atoms with Gasteiger partial charge < -0.3 is 14.4 Å². The Bertz CT molecular complexity index is 699. The molecular weight excluding hydrogens is 302 g/mol. The summed E-state index contributed by atoms with van der Waals surface area (Å²) in [6.07, 6.45) is 0.499. The number of cyclic esters (lactones) is 1. The van der Waals surface area contributed by atoms with E-state index in [2.05, 4.69) is 0 Å². The van der Waals surface area contributed by atoms with Gasteiger partial charge in [0.1, 0.15) is 11.4 Å². The molecule has 1 heterocycles. The molecule has 1 amide bonds. The molecule has 2 unspecified atom stereocenters. The van der Waals surface area contributed by atoms with Gasteiger partial charge in [-0.05, 0) is 37.1 Å². The number of carbonyl (C=O) groups excluding carboxylic acids is 1. The summed E-state index contributed by atoms with van der Waals surface area (Å²) in [6.45, 7) is 4.67. The average Bonchev–Trinajstić information content (AvgIpc) is 2.62. The van der Waals surface area contributed by atoms with Crippen molar-refractivity contribution in [2.24, 2.45) is 0 Å². The Labute approximate surface area is 143 Å².